The lowest BCUT2D eigenvalue weighted by Crippen LogP contribution is -2.50. The maximum absolute atomic E-state index is 12.6. The van der Waals surface area contributed by atoms with Crippen molar-refractivity contribution in [3.8, 4) is 5.75 Å². The highest BCUT2D eigenvalue weighted by Gasteiger charge is 2.25. The van der Waals surface area contributed by atoms with E-state index in [2.05, 4.69) is 0 Å². The first-order valence-corrected chi connectivity index (χ1v) is 10.0. The molecule has 2 aromatic carbocycles. The fourth-order valence-corrected chi connectivity index (χ4v) is 3.43. The molecule has 10 heteroatoms. The quantitative estimate of drug-likeness (QED) is 0.515. The lowest BCUT2D eigenvalue weighted by atomic mass is 10.1. The molecule has 0 aromatic heterocycles. The second-order valence-corrected chi connectivity index (χ2v) is 7.39. The number of carboxylic acid groups (broad SMARTS) is 1. The van der Waals surface area contributed by atoms with Gasteiger partial charge in [-0.1, -0.05) is 12.1 Å². The van der Waals surface area contributed by atoms with E-state index in [1.54, 1.807) is 28.9 Å². The Bertz CT molecular complexity index is 1050. The van der Waals surface area contributed by atoms with Crippen LogP contribution in [0.4, 0.5) is 5.69 Å². The van der Waals surface area contributed by atoms with Crippen LogP contribution in [-0.4, -0.2) is 70.4 Å². The number of amides is 2. The molecule has 1 N–H and O–H groups in total. The third kappa shape index (κ3) is 5.39. The Balaban J connectivity index is 1.50. The largest absolute Gasteiger partial charge is 0.486 e. The van der Waals surface area contributed by atoms with Gasteiger partial charge in [0.2, 0.25) is 5.91 Å². The number of ether oxygens (including phenoxy) is 1. The SMILES string of the molecule is Cc1ccc(OCCC(=O)N2CCN(C(=O)c3cccc(C(=O)O)c3)CC2)c([N+](=O)[O-])c1. The number of carbonyl (C=O) groups is 3. The molecule has 0 unspecified atom stereocenters. The number of aromatic carboxylic acids is 1. The maximum atomic E-state index is 12.6. The molecular weight excluding hydrogens is 418 g/mol. The summed E-state index contributed by atoms with van der Waals surface area (Å²) in [6.07, 6.45) is 0.0552. The number of carbonyl (C=O) groups excluding carboxylic acids is 2. The Morgan fingerprint density at radius 3 is 2.34 bits per heavy atom. The summed E-state index contributed by atoms with van der Waals surface area (Å²) in [6.45, 7) is 3.08. The number of aryl methyl sites for hydroxylation is 1. The van der Waals surface area contributed by atoms with Gasteiger partial charge in [0.25, 0.3) is 5.91 Å². The fourth-order valence-electron chi connectivity index (χ4n) is 3.43. The van der Waals surface area contributed by atoms with E-state index in [9.17, 15) is 24.5 Å². The Kier molecular flexibility index (Phi) is 7.04. The van der Waals surface area contributed by atoms with Gasteiger partial charge in [0.05, 0.1) is 23.5 Å². The van der Waals surface area contributed by atoms with Gasteiger partial charge in [-0.2, -0.15) is 0 Å². The number of benzene rings is 2. The van der Waals surface area contributed by atoms with Crippen molar-refractivity contribution in [3.05, 3.63) is 69.3 Å². The van der Waals surface area contributed by atoms with Crippen LogP contribution >= 0.6 is 0 Å². The van der Waals surface area contributed by atoms with Gasteiger partial charge in [-0.05, 0) is 36.8 Å². The Labute approximate surface area is 184 Å². The molecule has 0 atom stereocenters. The molecule has 2 amide bonds. The van der Waals surface area contributed by atoms with Gasteiger partial charge in [0.1, 0.15) is 0 Å². The lowest BCUT2D eigenvalue weighted by molar-refractivity contribution is -0.385. The number of nitro benzene ring substituents is 1. The minimum absolute atomic E-state index is 0.00383. The van der Waals surface area contributed by atoms with Crippen LogP contribution in [0.15, 0.2) is 42.5 Å². The van der Waals surface area contributed by atoms with Crippen molar-refractivity contribution in [2.24, 2.45) is 0 Å². The fraction of sp³-hybridized carbons (Fsp3) is 0.318. The van der Waals surface area contributed by atoms with Gasteiger partial charge in [-0.15, -0.1) is 0 Å². The molecule has 0 spiro atoms. The van der Waals surface area contributed by atoms with E-state index in [1.807, 2.05) is 0 Å². The number of nitro groups is 1. The van der Waals surface area contributed by atoms with E-state index < -0.39 is 10.9 Å². The summed E-state index contributed by atoms with van der Waals surface area (Å²) in [5.74, 6) is -1.43. The molecule has 0 radical (unpaired) electrons. The van der Waals surface area contributed by atoms with Crippen molar-refractivity contribution >= 4 is 23.5 Å². The standard InChI is InChI=1S/C22H23N3O7/c1-15-5-6-19(18(13-15)25(30)31)32-12-7-20(26)23-8-10-24(11-9-23)21(27)16-3-2-4-17(14-16)22(28)29/h2-6,13-14H,7-12H2,1H3,(H,28,29). The molecule has 2 aromatic rings. The van der Waals surface area contributed by atoms with E-state index in [-0.39, 0.29) is 47.4 Å². The van der Waals surface area contributed by atoms with Crippen molar-refractivity contribution in [3.63, 3.8) is 0 Å². The van der Waals surface area contributed by atoms with Gasteiger partial charge >= 0.3 is 11.7 Å². The number of hydrogen-bond donors (Lipinski definition) is 1. The third-order valence-corrected chi connectivity index (χ3v) is 5.16. The van der Waals surface area contributed by atoms with Crippen LogP contribution in [0.25, 0.3) is 0 Å². The summed E-state index contributed by atoms with van der Waals surface area (Å²) in [6, 6.07) is 10.5. The first-order valence-electron chi connectivity index (χ1n) is 10.0. The molecule has 1 aliphatic rings. The van der Waals surface area contributed by atoms with E-state index >= 15 is 0 Å². The molecule has 0 saturated carbocycles. The minimum Gasteiger partial charge on any atom is -0.486 e. The molecule has 1 heterocycles. The Morgan fingerprint density at radius 2 is 1.69 bits per heavy atom. The van der Waals surface area contributed by atoms with E-state index in [4.69, 9.17) is 9.84 Å². The van der Waals surface area contributed by atoms with Gasteiger partial charge in [-0.3, -0.25) is 19.7 Å². The number of rotatable bonds is 7. The topological polar surface area (TPSA) is 130 Å². The Hall–Kier alpha value is -3.95. The van der Waals surface area contributed by atoms with Gasteiger partial charge in [0.15, 0.2) is 5.75 Å². The predicted molar refractivity (Wildman–Crippen MR) is 114 cm³/mol. The van der Waals surface area contributed by atoms with Crippen LogP contribution in [0.3, 0.4) is 0 Å². The van der Waals surface area contributed by atoms with Crippen molar-refractivity contribution in [2.45, 2.75) is 13.3 Å². The normalized spacial score (nSPS) is 13.5. The van der Waals surface area contributed by atoms with Crippen molar-refractivity contribution < 1.29 is 29.2 Å². The molecule has 3 rings (SSSR count). The van der Waals surface area contributed by atoms with E-state index in [0.29, 0.717) is 26.2 Å². The highest BCUT2D eigenvalue weighted by molar-refractivity contribution is 5.97. The van der Waals surface area contributed by atoms with Crippen molar-refractivity contribution in [1.29, 1.82) is 0 Å². The van der Waals surface area contributed by atoms with E-state index in [1.165, 1.54) is 30.3 Å². The zero-order chi connectivity index (χ0) is 23.3. The van der Waals surface area contributed by atoms with Crippen LogP contribution in [0.2, 0.25) is 0 Å². The number of hydrogen-bond acceptors (Lipinski definition) is 6. The molecule has 32 heavy (non-hydrogen) atoms. The number of carboxylic acids is 1. The molecule has 0 aliphatic carbocycles. The zero-order valence-electron chi connectivity index (χ0n) is 17.5. The number of nitrogens with zero attached hydrogens (tertiary/aromatic N) is 3. The molecular formula is C22H23N3O7. The average Bonchev–Trinajstić information content (AvgIpc) is 2.79. The number of piperazine rings is 1. The molecule has 0 bridgehead atoms. The van der Waals surface area contributed by atoms with Crippen molar-refractivity contribution in [2.75, 3.05) is 32.8 Å². The molecule has 1 aliphatic heterocycles. The summed E-state index contributed by atoms with van der Waals surface area (Å²) >= 11 is 0. The lowest BCUT2D eigenvalue weighted by Gasteiger charge is -2.35. The first kappa shape index (κ1) is 22.7. The Morgan fingerprint density at radius 1 is 1.03 bits per heavy atom. The van der Waals surface area contributed by atoms with Gasteiger partial charge < -0.3 is 19.6 Å². The second kappa shape index (κ2) is 9.90. The van der Waals surface area contributed by atoms with Crippen LogP contribution < -0.4 is 4.74 Å². The molecule has 1 saturated heterocycles. The second-order valence-electron chi connectivity index (χ2n) is 7.39. The maximum Gasteiger partial charge on any atom is 0.335 e. The van der Waals surface area contributed by atoms with Crippen LogP contribution in [0.5, 0.6) is 5.75 Å². The molecule has 1 fully saturated rings. The summed E-state index contributed by atoms with van der Waals surface area (Å²) in [5, 5.41) is 20.2. The smallest absolute Gasteiger partial charge is 0.335 e. The van der Waals surface area contributed by atoms with E-state index in [0.717, 1.165) is 5.56 Å². The minimum atomic E-state index is -1.10. The van der Waals surface area contributed by atoms with Crippen LogP contribution in [-0.2, 0) is 4.79 Å². The van der Waals surface area contributed by atoms with Crippen LogP contribution in [0.1, 0.15) is 32.7 Å². The molecule has 10 nitrogen and oxygen atoms in total. The predicted octanol–water partition coefficient (Wildman–Crippen LogP) is 2.35. The highest BCUT2D eigenvalue weighted by atomic mass is 16.6. The molecule has 168 valence electrons. The van der Waals surface area contributed by atoms with Crippen molar-refractivity contribution in [1.82, 2.24) is 9.80 Å². The highest BCUT2D eigenvalue weighted by Crippen LogP contribution is 2.27. The van der Waals surface area contributed by atoms with Gasteiger partial charge in [-0.25, -0.2) is 4.79 Å². The zero-order valence-corrected chi connectivity index (χ0v) is 17.5. The summed E-state index contributed by atoms with van der Waals surface area (Å²) in [4.78, 5) is 50.0. The summed E-state index contributed by atoms with van der Waals surface area (Å²) in [5.41, 5.74) is 0.926. The first-order chi connectivity index (χ1) is 15.3. The summed E-state index contributed by atoms with van der Waals surface area (Å²) < 4.78 is 5.46. The average molecular weight is 441 g/mol. The third-order valence-electron chi connectivity index (χ3n) is 5.16. The van der Waals surface area contributed by atoms with Crippen LogP contribution in [0, 0.1) is 17.0 Å². The van der Waals surface area contributed by atoms with Gasteiger partial charge in [0, 0.05) is 37.8 Å². The summed E-state index contributed by atoms with van der Waals surface area (Å²) in [7, 11) is 0. The monoisotopic (exact) mass is 441 g/mol.